The quantitative estimate of drug-likeness (QED) is 0.896. The average Bonchev–Trinajstić information content (AvgIpc) is 2.91. The molecule has 0 spiro atoms. The van der Waals surface area contributed by atoms with E-state index in [1.807, 2.05) is 6.07 Å². The van der Waals surface area contributed by atoms with Gasteiger partial charge in [0.05, 0.1) is 10.6 Å². The van der Waals surface area contributed by atoms with E-state index in [0.29, 0.717) is 0 Å². The molecule has 0 amide bonds. The van der Waals surface area contributed by atoms with Crippen LogP contribution in [0.2, 0.25) is 0 Å². The van der Waals surface area contributed by atoms with Gasteiger partial charge in [0.2, 0.25) is 0 Å². The van der Waals surface area contributed by atoms with Gasteiger partial charge in [-0.1, -0.05) is 12.1 Å². The van der Waals surface area contributed by atoms with E-state index in [4.69, 9.17) is 5.73 Å². The third-order valence-corrected chi connectivity index (χ3v) is 4.75. The van der Waals surface area contributed by atoms with Gasteiger partial charge in [-0.2, -0.15) is 0 Å². The fourth-order valence-electron chi connectivity index (χ4n) is 1.29. The van der Waals surface area contributed by atoms with Crippen LogP contribution >= 0.6 is 34.4 Å². The van der Waals surface area contributed by atoms with E-state index >= 15 is 0 Å². The number of nitrogens with two attached hydrogens (primary N) is 1. The van der Waals surface area contributed by atoms with Crippen LogP contribution in [0.15, 0.2) is 35.0 Å². The summed E-state index contributed by atoms with van der Waals surface area (Å²) in [5.41, 5.74) is 7.05. The first kappa shape index (κ1) is 10.8. The number of rotatable bonds is 3. The van der Waals surface area contributed by atoms with Gasteiger partial charge in [0.15, 0.2) is 0 Å². The first-order chi connectivity index (χ1) is 7.33. The van der Waals surface area contributed by atoms with E-state index in [1.165, 1.54) is 9.78 Å². The summed E-state index contributed by atoms with van der Waals surface area (Å²) in [6.07, 6.45) is 2.06. The Labute approximate surface area is 102 Å². The Balaban J connectivity index is 2.45. The molecule has 0 radical (unpaired) electrons. The molecule has 2 rings (SSSR count). The molecule has 1 nitrogen and oxygen atoms in total. The van der Waals surface area contributed by atoms with Gasteiger partial charge in [-0.3, -0.25) is 0 Å². The maximum atomic E-state index is 6.16. The minimum Gasteiger partial charge on any atom is -0.397 e. The zero-order valence-electron chi connectivity index (χ0n) is 8.27. The number of hydrogen-bond acceptors (Lipinski definition) is 4. The van der Waals surface area contributed by atoms with Crippen LogP contribution in [0.1, 0.15) is 9.75 Å². The van der Waals surface area contributed by atoms with Gasteiger partial charge in [-0.25, -0.2) is 0 Å². The van der Waals surface area contributed by atoms with Gasteiger partial charge < -0.3 is 5.73 Å². The molecule has 2 aromatic rings. The van der Waals surface area contributed by atoms with Crippen LogP contribution in [0, 0.1) is 0 Å². The highest BCUT2D eigenvalue weighted by molar-refractivity contribution is 8.08. The molecule has 0 saturated heterocycles. The summed E-state index contributed by atoms with van der Waals surface area (Å²) in [6, 6.07) is 8.25. The summed E-state index contributed by atoms with van der Waals surface area (Å²) in [4.78, 5) is 3.56. The van der Waals surface area contributed by atoms with Crippen molar-refractivity contribution in [1.82, 2.24) is 0 Å². The predicted octanol–water partition coefficient (Wildman–Crippen LogP) is 3.96. The number of hydrogen-bond donors (Lipinski definition) is 1. The van der Waals surface area contributed by atoms with E-state index in [9.17, 15) is 0 Å². The Morgan fingerprint density at radius 3 is 2.20 bits per heavy atom. The highest BCUT2D eigenvalue weighted by Crippen LogP contribution is 2.34. The Hall–Kier alpha value is -0.710. The molecule has 2 aromatic heterocycles. The van der Waals surface area contributed by atoms with Crippen molar-refractivity contribution in [2.24, 2.45) is 5.73 Å². The van der Waals surface area contributed by atoms with Crippen LogP contribution in [0.4, 0.5) is 0 Å². The van der Waals surface area contributed by atoms with Crippen molar-refractivity contribution in [1.29, 1.82) is 0 Å². The summed E-state index contributed by atoms with van der Waals surface area (Å²) in [5, 5.41) is 4.13. The highest BCUT2D eigenvalue weighted by Gasteiger charge is 2.09. The molecule has 0 aliphatic carbocycles. The van der Waals surface area contributed by atoms with Crippen molar-refractivity contribution in [2.75, 3.05) is 6.26 Å². The van der Waals surface area contributed by atoms with E-state index in [0.717, 1.165) is 10.6 Å². The lowest BCUT2D eigenvalue weighted by Crippen LogP contribution is -1.96. The van der Waals surface area contributed by atoms with Gasteiger partial charge in [0.25, 0.3) is 0 Å². The molecule has 2 heterocycles. The van der Waals surface area contributed by atoms with Gasteiger partial charge in [0, 0.05) is 9.78 Å². The lowest BCUT2D eigenvalue weighted by molar-refractivity contribution is 1.63. The molecule has 78 valence electrons. The third-order valence-electron chi connectivity index (χ3n) is 1.98. The molecule has 0 atom stereocenters. The minimum absolute atomic E-state index is 0.889. The fraction of sp³-hybridized carbons (Fsp3) is 0.0909. The summed E-state index contributed by atoms with van der Waals surface area (Å²) in [6.45, 7) is 0. The second-order valence-electron chi connectivity index (χ2n) is 2.90. The molecule has 0 aliphatic rings. The van der Waals surface area contributed by atoms with E-state index < -0.39 is 0 Å². The van der Waals surface area contributed by atoms with Crippen molar-refractivity contribution in [3.8, 4) is 0 Å². The zero-order chi connectivity index (χ0) is 10.7. The first-order valence-electron chi connectivity index (χ1n) is 4.44. The van der Waals surface area contributed by atoms with Crippen LogP contribution in [-0.2, 0) is 0 Å². The van der Waals surface area contributed by atoms with Crippen LogP contribution in [0.5, 0.6) is 0 Å². The van der Waals surface area contributed by atoms with Gasteiger partial charge in [-0.15, -0.1) is 34.4 Å². The van der Waals surface area contributed by atoms with Crippen LogP contribution in [0.25, 0.3) is 10.6 Å². The van der Waals surface area contributed by atoms with Gasteiger partial charge in [0.1, 0.15) is 0 Å². The molecule has 0 aliphatic heterocycles. The van der Waals surface area contributed by atoms with E-state index in [2.05, 4.69) is 35.2 Å². The summed E-state index contributed by atoms with van der Waals surface area (Å²) >= 11 is 5.11. The van der Waals surface area contributed by atoms with Crippen molar-refractivity contribution in [3.05, 3.63) is 44.8 Å². The summed E-state index contributed by atoms with van der Waals surface area (Å²) in [7, 11) is 0. The normalized spacial score (nSPS) is 12.6. The van der Waals surface area contributed by atoms with Crippen molar-refractivity contribution < 1.29 is 0 Å². The van der Waals surface area contributed by atoms with Crippen LogP contribution in [-0.4, -0.2) is 6.26 Å². The van der Waals surface area contributed by atoms with E-state index in [-0.39, 0.29) is 0 Å². The van der Waals surface area contributed by atoms with Crippen LogP contribution < -0.4 is 5.73 Å². The molecule has 4 heteroatoms. The summed E-state index contributed by atoms with van der Waals surface area (Å²) in [5.74, 6) is 0. The lowest BCUT2D eigenvalue weighted by atomic mass is 10.3. The Bertz CT molecular complexity index is 440. The van der Waals surface area contributed by atoms with Gasteiger partial charge in [-0.05, 0) is 29.1 Å². The maximum Gasteiger partial charge on any atom is 0.0641 e. The number of thiophene rings is 2. The van der Waals surface area contributed by atoms with Gasteiger partial charge >= 0.3 is 0 Å². The molecule has 0 fully saturated rings. The van der Waals surface area contributed by atoms with Crippen molar-refractivity contribution in [3.63, 3.8) is 0 Å². The third kappa shape index (κ3) is 2.27. The largest absolute Gasteiger partial charge is 0.397 e. The fourth-order valence-corrected chi connectivity index (χ4v) is 3.72. The monoisotopic (exact) mass is 253 g/mol. The molecule has 15 heavy (non-hydrogen) atoms. The Morgan fingerprint density at radius 2 is 1.73 bits per heavy atom. The van der Waals surface area contributed by atoms with Crippen LogP contribution in [0.3, 0.4) is 0 Å². The Kier molecular flexibility index (Phi) is 3.51. The molecular weight excluding hydrogens is 242 g/mol. The second-order valence-corrected chi connectivity index (χ2v) is 5.61. The predicted molar refractivity (Wildman–Crippen MR) is 73.2 cm³/mol. The lowest BCUT2D eigenvalue weighted by Gasteiger charge is -2.05. The average molecular weight is 253 g/mol. The van der Waals surface area contributed by atoms with E-state index in [1.54, 1.807) is 34.4 Å². The standard InChI is InChI=1S/C11H11NS3/c1-13-11(9-5-3-7-15-9)10(12)8-4-2-6-14-8/h2-7H,12H2,1H3/b11-10-. The molecule has 0 aromatic carbocycles. The molecule has 0 unspecified atom stereocenters. The first-order valence-corrected chi connectivity index (χ1v) is 7.43. The second kappa shape index (κ2) is 4.88. The molecule has 0 saturated carbocycles. The van der Waals surface area contributed by atoms with Crippen molar-refractivity contribution >= 4 is 45.0 Å². The molecule has 2 N–H and O–H groups in total. The minimum atomic E-state index is 0.889. The van der Waals surface area contributed by atoms with Crippen molar-refractivity contribution in [2.45, 2.75) is 0 Å². The topological polar surface area (TPSA) is 26.0 Å². The molecular formula is C11H11NS3. The zero-order valence-corrected chi connectivity index (χ0v) is 10.7. The molecule has 0 bridgehead atoms. The smallest absolute Gasteiger partial charge is 0.0641 e. The maximum absolute atomic E-state index is 6.16. The number of thioether (sulfide) groups is 1. The highest BCUT2D eigenvalue weighted by atomic mass is 32.2. The SMILES string of the molecule is CS/C(=C(\N)c1cccs1)c1cccs1. The summed E-state index contributed by atoms with van der Waals surface area (Å²) < 4.78 is 0. The Morgan fingerprint density at radius 1 is 1.13 bits per heavy atom.